The Morgan fingerprint density at radius 1 is 1.14 bits per heavy atom. The molecule has 5 rings (SSSR count). The summed E-state index contributed by atoms with van der Waals surface area (Å²) in [4.78, 5) is 17.7. The van der Waals surface area contributed by atoms with E-state index in [1.165, 1.54) is 17.5 Å². The van der Waals surface area contributed by atoms with Gasteiger partial charge in [-0.15, -0.1) is 0 Å². The smallest absolute Gasteiger partial charge is 0.226 e. The van der Waals surface area contributed by atoms with Crippen molar-refractivity contribution in [3.8, 4) is 0 Å². The number of Topliss-reactive ketones (excluding diaryl/α,β-unsaturated/α-hetero) is 1. The minimum Gasteiger partial charge on any atom is -0.328 e. The van der Waals surface area contributed by atoms with Gasteiger partial charge in [0.25, 0.3) is 0 Å². The van der Waals surface area contributed by atoms with E-state index < -0.39 is 0 Å². The molecule has 2 aliphatic rings. The van der Waals surface area contributed by atoms with Crippen LogP contribution < -0.4 is 5.32 Å². The molecular formula is C22H19BrN4O. The standard InChI is InChI=1S/C22H19BrN4O/c1-13-5-2-3-8-17(13)15-10-18-20(19(28)11-15)21(14-6-4-7-16(23)9-14)27-22(26-18)24-12-25-27/h2-9,12,15,21H,10-11H2,1H3,(H,24,25,26). The lowest BCUT2D eigenvalue weighted by Gasteiger charge is -2.35. The van der Waals surface area contributed by atoms with Crippen molar-refractivity contribution in [3.63, 3.8) is 0 Å². The first-order valence-electron chi connectivity index (χ1n) is 9.35. The van der Waals surface area contributed by atoms with Crippen LogP contribution in [-0.4, -0.2) is 20.5 Å². The maximum Gasteiger partial charge on any atom is 0.226 e. The Balaban J connectivity index is 1.62. The molecule has 1 aromatic heterocycles. The number of hydrogen-bond donors (Lipinski definition) is 1. The molecule has 0 fully saturated rings. The fourth-order valence-corrected chi connectivity index (χ4v) is 4.82. The third-order valence-corrected chi connectivity index (χ3v) is 6.15. The average molecular weight is 435 g/mol. The second kappa shape index (κ2) is 6.71. The van der Waals surface area contributed by atoms with Gasteiger partial charge in [0.2, 0.25) is 5.95 Å². The van der Waals surface area contributed by atoms with E-state index in [4.69, 9.17) is 0 Å². The number of nitrogens with zero attached hydrogens (tertiary/aromatic N) is 3. The Bertz CT molecular complexity index is 1120. The predicted octanol–water partition coefficient (Wildman–Crippen LogP) is 4.76. The van der Waals surface area contributed by atoms with Crippen LogP contribution in [0.2, 0.25) is 0 Å². The monoisotopic (exact) mass is 434 g/mol. The van der Waals surface area contributed by atoms with E-state index in [0.29, 0.717) is 12.4 Å². The first-order valence-corrected chi connectivity index (χ1v) is 10.1. The fourth-order valence-electron chi connectivity index (χ4n) is 4.40. The first-order chi connectivity index (χ1) is 13.6. The highest BCUT2D eigenvalue weighted by Crippen LogP contribution is 2.44. The van der Waals surface area contributed by atoms with E-state index in [2.05, 4.69) is 50.4 Å². The van der Waals surface area contributed by atoms with E-state index in [9.17, 15) is 4.79 Å². The SMILES string of the molecule is Cc1ccccc1C1CC(=O)C2=C(C1)Nc1ncnn1C2c1cccc(Br)c1. The van der Waals surface area contributed by atoms with Gasteiger partial charge in [0.1, 0.15) is 12.4 Å². The number of rotatable bonds is 2. The number of carbonyl (C=O) groups is 1. The van der Waals surface area contributed by atoms with Crippen molar-refractivity contribution in [2.24, 2.45) is 0 Å². The van der Waals surface area contributed by atoms with Crippen LogP contribution in [0.1, 0.15) is 41.5 Å². The average Bonchev–Trinajstić information content (AvgIpc) is 3.14. The van der Waals surface area contributed by atoms with Crippen LogP contribution in [0.25, 0.3) is 0 Å². The Hall–Kier alpha value is -2.73. The lowest BCUT2D eigenvalue weighted by molar-refractivity contribution is -0.116. The van der Waals surface area contributed by atoms with Gasteiger partial charge in [-0.3, -0.25) is 4.79 Å². The van der Waals surface area contributed by atoms with Crippen LogP contribution in [0.5, 0.6) is 0 Å². The van der Waals surface area contributed by atoms with Crippen molar-refractivity contribution in [1.82, 2.24) is 14.8 Å². The van der Waals surface area contributed by atoms with Crippen molar-refractivity contribution in [1.29, 1.82) is 0 Å². The second-order valence-electron chi connectivity index (χ2n) is 7.39. The molecule has 2 atom stereocenters. The highest BCUT2D eigenvalue weighted by atomic mass is 79.9. The first kappa shape index (κ1) is 17.4. The van der Waals surface area contributed by atoms with Crippen molar-refractivity contribution in [2.75, 3.05) is 5.32 Å². The van der Waals surface area contributed by atoms with E-state index in [1.807, 2.05) is 41.1 Å². The Kier molecular flexibility index (Phi) is 4.16. The van der Waals surface area contributed by atoms with Gasteiger partial charge in [-0.1, -0.05) is 52.3 Å². The Morgan fingerprint density at radius 2 is 2.00 bits per heavy atom. The molecule has 3 aromatic rings. The Labute approximate surface area is 171 Å². The van der Waals surface area contributed by atoms with Gasteiger partial charge in [0, 0.05) is 22.2 Å². The second-order valence-corrected chi connectivity index (χ2v) is 8.30. The van der Waals surface area contributed by atoms with Crippen molar-refractivity contribution < 1.29 is 4.79 Å². The van der Waals surface area contributed by atoms with Gasteiger partial charge in [-0.2, -0.15) is 10.1 Å². The number of halogens is 1. The molecular weight excluding hydrogens is 416 g/mol. The summed E-state index contributed by atoms with van der Waals surface area (Å²) in [6.45, 7) is 2.11. The largest absolute Gasteiger partial charge is 0.328 e. The topological polar surface area (TPSA) is 59.8 Å². The van der Waals surface area contributed by atoms with Crippen LogP contribution in [0.3, 0.4) is 0 Å². The zero-order valence-corrected chi connectivity index (χ0v) is 17.0. The van der Waals surface area contributed by atoms with E-state index >= 15 is 0 Å². The van der Waals surface area contributed by atoms with Gasteiger partial charge in [0.15, 0.2) is 5.78 Å². The summed E-state index contributed by atoms with van der Waals surface area (Å²) in [7, 11) is 0. The molecule has 0 amide bonds. The summed E-state index contributed by atoms with van der Waals surface area (Å²) < 4.78 is 2.79. The van der Waals surface area contributed by atoms with Gasteiger partial charge >= 0.3 is 0 Å². The highest BCUT2D eigenvalue weighted by Gasteiger charge is 2.39. The summed E-state index contributed by atoms with van der Waals surface area (Å²) in [6, 6.07) is 16.1. The summed E-state index contributed by atoms with van der Waals surface area (Å²) in [5, 5.41) is 7.78. The zero-order chi connectivity index (χ0) is 19.3. The molecule has 0 saturated heterocycles. The normalized spacial score (nSPS) is 21.1. The van der Waals surface area contributed by atoms with Crippen LogP contribution in [0, 0.1) is 6.92 Å². The number of aromatic nitrogens is 3. The number of ketones is 1. The molecule has 0 bridgehead atoms. The molecule has 28 heavy (non-hydrogen) atoms. The number of anilines is 1. The maximum atomic E-state index is 13.4. The van der Waals surface area contributed by atoms with Crippen LogP contribution in [-0.2, 0) is 4.79 Å². The number of allylic oxidation sites excluding steroid dienone is 2. The number of hydrogen-bond acceptors (Lipinski definition) is 4. The third kappa shape index (κ3) is 2.79. The summed E-state index contributed by atoms with van der Waals surface area (Å²) in [6.07, 6.45) is 2.85. The van der Waals surface area contributed by atoms with Crippen LogP contribution in [0.15, 0.2) is 70.6 Å². The van der Waals surface area contributed by atoms with Crippen LogP contribution in [0.4, 0.5) is 5.95 Å². The molecule has 1 N–H and O–H groups in total. The highest BCUT2D eigenvalue weighted by molar-refractivity contribution is 9.10. The molecule has 2 heterocycles. The van der Waals surface area contributed by atoms with Gasteiger partial charge in [-0.25, -0.2) is 4.68 Å². The molecule has 6 heteroatoms. The Morgan fingerprint density at radius 3 is 2.82 bits per heavy atom. The predicted molar refractivity (Wildman–Crippen MR) is 111 cm³/mol. The van der Waals surface area contributed by atoms with E-state index in [0.717, 1.165) is 27.7 Å². The molecule has 0 saturated carbocycles. The lowest BCUT2D eigenvalue weighted by atomic mass is 9.77. The van der Waals surface area contributed by atoms with Gasteiger partial charge in [-0.05, 0) is 48.1 Å². The molecule has 2 aromatic carbocycles. The quantitative estimate of drug-likeness (QED) is 0.631. The molecule has 140 valence electrons. The maximum absolute atomic E-state index is 13.4. The molecule has 2 unspecified atom stereocenters. The number of carbonyl (C=O) groups excluding carboxylic acids is 1. The van der Waals surface area contributed by atoms with Gasteiger partial charge in [0.05, 0.1) is 0 Å². The third-order valence-electron chi connectivity index (χ3n) is 5.65. The molecule has 1 aliphatic carbocycles. The number of aryl methyl sites for hydroxylation is 1. The lowest BCUT2D eigenvalue weighted by Crippen LogP contribution is -2.33. The van der Waals surface area contributed by atoms with Crippen molar-refractivity contribution >= 4 is 27.7 Å². The van der Waals surface area contributed by atoms with Crippen LogP contribution >= 0.6 is 15.9 Å². The summed E-state index contributed by atoms with van der Waals surface area (Å²) in [5.74, 6) is 1.03. The number of fused-ring (bicyclic) bond motifs is 1. The van der Waals surface area contributed by atoms with Crippen molar-refractivity contribution in [3.05, 3.63) is 87.3 Å². The molecule has 0 radical (unpaired) electrons. The molecule has 1 aliphatic heterocycles. The zero-order valence-electron chi connectivity index (χ0n) is 15.4. The summed E-state index contributed by atoms with van der Waals surface area (Å²) in [5.41, 5.74) is 5.27. The minimum absolute atomic E-state index is 0.174. The van der Waals surface area contributed by atoms with E-state index in [1.54, 1.807) is 0 Å². The van der Waals surface area contributed by atoms with Crippen molar-refractivity contribution in [2.45, 2.75) is 31.7 Å². The summed E-state index contributed by atoms with van der Waals surface area (Å²) >= 11 is 3.55. The fraction of sp³-hybridized carbons (Fsp3) is 0.227. The van der Waals surface area contributed by atoms with E-state index in [-0.39, 0.29) is 17.7 Å². The number of benzene rings is 2. The number of nitrogens with one attached hydrogen (secondary N) is 1. The minimum atomic E-state index is -0.253. The molecule has 5 nitrogen and oxygen atoms in total. The molecule has 0 spiro atoms. The van der Waals surface area contributed by atoms with Gasteiger partial charge < -0.3 is 5.32 Å².